The lowest BCUT2D eigenvalue weighted by Gasteiger charge is -2.21. The van der Waals surface area contributed by atoms with Crippen LogP contribution in [-0.2, 0) is 4.79 Å². The Morgan fingerprint density at radius 2 is 1.85 bits per heavy atom. The van der Waals surface area contributed by atoms with E-state index in [1.807, 2.05) is 30.5 Å². The van der Waals surface area contributed by atoms with Crippen molar-refractivity contribution >= 4 is 22.5 Å². The van der Waals surface area contributed by atoms with E-state index in [9.17, 15) is 4.79 Å². The van der Waals surface area contributed by atoms with Gasteiger partial charge in [-0.1, -0.05) is 37.3 Å². The van der Waals surface area contributed by atoms with E-state index in [2.05, 4.69) is 54.2 Å². The van der Waals surface area contributed by atoms with E-state index in [-0.39, 0.29) is 18.2 Å². The quantitative estimate of drug-likeness (QED) is 0.700. The summed E-state index contributed by atoms with van der Waals surface area (Å²) in [4.78, 5) is 18.4. The van der Waals surface area contributed by atoms with Crippen LogP contribution in [0.2, 0.25) is 0 Å². The van der Waals surface area contributed by atoms with Crippen molar-refractivity contribution in [1.29, 1.82) is 0 Å². The second-order valence-electron chi connectivity index (χ2n) is 6.70. The number of nitrogens with zero attached hydrogens (tertiary/aromatic N) is 2. The zero-order valence-electron chi connectivity index (χ0n) is 15.4. The van der Waals surface area contributed by atoms with Gasteiger partial charge in [0.2, 0.25) is 5.91 Å². The van der Waals surface area contributed by atoms with Crippen LogP contribution >= 0.6 is 0 Å². The van der Waals surface area contributed by atoms with E-state index in [1.54, 1.807) is 0 Å². The van der Waals surface area contributed by atoms with E-state index in [0.29, 0.717) is 0 Å². The van der Waals surface area contributed by atoms with Gasteiger partial charge in [0.05, 0.1) is 5.52 Å². The molecule has 1 heterocycles. The van der Waals surface area contributed by atoms with Crippen LogP contribution in [-0.4, -0.2) is 24.5 Å². The molecule has 26 heavy (non-hydrogen) atoms. The predicted molar refractivity (Wildman–Crippen MR) is 107 cm³/mol. The Morgan fingerprint density at radius 1 is 1.12 bits per heavy atom. The molecule has 0 saturated heterocycles. The van der Waals surface area contributed by atoms with Crippen LogP contribution in [0.5, 0.6) is 0 Å². The van der Waals surface area contributed by atoms with Crippen LogP contribution in [0, 0.1) is 0 Å². The first-order valence-electron chi connectivity index (χ1n) is 9.02. The molecule has 134 valence electrons. The fraction of sp³-hybridized carbons (Fsp3) is 0.273. The summed E-state index contributed by atoms with van der Waals surface area (Å²) in [5.41, 5.74) is 9.74. The molecular formula is C22H25N3O. The molecule has 4 heteroatoms. The molecule has 0 saturated carbocycles. The third-order valence-electron chi connectivity index (χ3n) is 4.71. The van der Waals surface area contributed by atoms with Crippen molar-refractivity contribution in [3.63, 3.8) is 0 Å². The van der Waals surface area contributed by atoms with Crippen molar-refractivity contribution in [2.24, 2.45) is 5.73 Å². The Bertz CT molecular complexity index is 889. The van der Waals surface area contributed by atoms with Gasteiger partial charge in [0.25, 0.3) is 0 Å². The SMILES string of the molecule is CCCN(C)c1ccc(C(CC(N)=O)c2cnc3ccccc3c2)cc1. The fourth-order valence-corrected chi connectivity index (χ4v) is 3.33. The summed E-state index contributed by atoms with van der Waals surface area (Å²) in [5.74, 6) is -0.398. The number of hydrogen-bond acceptors (Lipinski definition) is 3. The first-order chi connectivity index (χ1) is 12.6. The molecule has 4 nitrogen and oxygen atoms in total. The lowest BCUT2D eigenvalue weighted by molar-refractivity contribution is -0.118. The number of para-hydroxylation sites is 1. The molecule has 0 bridgehead atoms. The molecule has 2 N–H and O–H groups in total. The summed E-state index contributed by atoms with van der Waals surface area (Å²) in [6.07, 6.45) is 3.22. The molecule has 0 aliphatic carbocycles. The molecule has 0 aliphatic heterocycles. The second kappa shape index (κ2) is 8.00. The minimum absolute atomic E-state index is 0.0878. The van der Waals surface area contributed by atoms with Crippen molar-refractivity contribution in [2.75, 3.05) is 18.5 Å². The molecule has 0 radical (unpaired) electrons. The summed E-state index contributed by atoms with van der Waals surface area (Å²) in [6, 6.07) is 18.5. The molecule has 1 amide bonds. The van der Waals surface area contributed by atoms with Gasteiger partial charge in [-0.3, -0.25) is 9.78 Å². The van der Waals surface area contributed by atoms with Crippen molar-refractivity contribution in [3.05, 3.63) is 71.9 Å². The van der Waals surface area contributed by atoms with Crippen LogP contribution in [0.15, 0.2) is 60.8 Å². The van der Waals surface area contributed by atoms with E-state index < -0.39 is 0 Å². The van der Waals surface area contributed by atoms with Crippen molar-refractivity contribution in [2.45, 2.75) is 25.7 Å². The van der Waals surface area contributed by atoms with Gasteiger partial charge in [0, 0.05) is 43.2 Å². The van der Waals surface area contributed by atoms with Crippen molar-refractivity contribution in [1.82, 2.24) is 4.98 Å². The third kappa shape index (κ3) is 4.02. The summed E-state index contributed by atoms with van der Waals surface area (Å²) in [5, 5.41) is 1.07. The first kappa shape index (κ1) is 17.9. The molecule has 3 aromatic rings. The molecule has 0 aliphatic rings. The van der Waals surface area contributed by atoms with Gasteiger partial charge in [-0.15, -0.1) is 0 Å². The average molecular weight is 347 g/mol. The van der Waals surface area contributed by atoms with Gasteiger partial charge in [0.1, 0.15) is 0 Å². The molecule has 0 fully saturated rings. The maximum absolute atomic E-state index is 11.7. The number of hydrogen-bond donors (Lipinski definition) is 1. The van der Waals surface area contributed by atoms with E-state index >= 15 is 0 Å². The number of carbonyl (C=O) groups excluding carboxylic acids is 1. The predicted octanol–water partition coefficient (Wildman–Crippen LogP) is 4.09. The highest BCUT2D eigenvalue weighted by molar-refractivity contribution is 5.80. The molecule has 1 atom stereocenters. The lowest BCUT2D eigenvalue weighted by atomic mass is 9.88. The minimum Gasteiger partial charge on any atom is -0.375 e. The molecule has 1 unspecified atom stereocenters. The van der Waals surface area contributed by atoms with Gasteiger partial charge in [-0.25, -0.2) is 0 Å². The number of pyridine rings is 1. The van der Waals surface area contributed by atoms with Gasteiger partial charge in [-0.2, -0.15) is 0 Å². The number of amides is 1. The highest BCUT2D eigenvalue weighted by atomic mass is 16.1. The first-order valence-corrected chi connectivity index (χ1v) is 9.02. The van der Waals surface area contributed by atoms with Crippen molar-refractivity contribution in [3.8, 4) is 0 Å². The second-order valence-corrected chi connectivity index (χ2v) is 6.70. The summed E-state index contributed by atoms with van der Waals surface area (Å²) >= 11 is 0. The minimum atomic E-state index is -0.310. The molecule has 1 aromatic heterocycles. The number of benzene rings is 2. The van der Waals surface area contributed by atoms with Gasteiger partial charge < -0.3 is 10.6 Å². The van der Waals surface area contributed by atoms with Crippen molar-refractivity contribution < 1.29 is 4.79 Å². The molecule has 0 spiro atoms. The molecule has 2 aromatic carbocycles. The summed E-state index contributed by atoms with van der Waals surface area (Å²) in [6.45, 7) is 3.18. The number of nitrogens with two attached hydrogens (primary N) is 1. The van der Waals surface area contributed by atoms with Crippen LogP contribution < -0.4 is 10.6 Å². The van der Waals surface area contributed by atoms with Gasteiger partial charge >= 0.3 is 0 Å². The average Bonchev–Trinajstić information content (AvgIpc) is 2.66. The highest BCUT2D eigenvalue weighted by Crippen LogP contribution is 2.30. The Kier molecular flexibility index (Phi) is 5.52. The lowest BCUT2D eigenvalue weighted by Crippen LogP contribution is -2.18. The summed E-state index contributed by atoms with van der Waals surface area (Å²) < 4.78 is 0. The standard InChI is InChI=1S/C22H25N3O/c1-3-12-25(2)19-10-8-16(9-11-19)20(14-22(23)26)18-13-17-6-4-5-7-21(17)24-15-18/h4-11,13,15,20H,3,12,14H2,1-2H3,(H2,23,26). The Hall–Kier alpha value is -2.88. The third-order valence-corrected chi connectivity index (χ3v) is 4.71. The smallest absolute Gasteiger partial charge is 0.218 e. The topological polar surface area (TPSA) is 59.2 Å². The number of aromatic nitrogens is 1. The van der Waals surface area contributed by atoms with E-state index in [1.165, 1.54) is 5.69 Å². The number of carbonyl (C=O) groups is 1. The van der Waals surface area contributed by atoms with E-state index in [4.69, 9.17) is 5.73 Å². The maximum Gasteiger partial charge on any atom is 0.218 e. The zero-order valence-corrected chi connectivity index (χ0v) is 15.4. The Balaban J connectivity index is 1.95. The van der Waals surface area contributed by atoms with Crippen LogP contribution in [0.4, 0.5) is 5.69 Å². The molecule has 3 rings (SSSR count). The van der Waals surface area contributed by atoms with Crippen LogP contribution in [0.25, 0.3) is 10.9 Å². The number of rotatable bonds is 7. The largest absolute Gasteiger partial charge is 0.375 e. The van der Waals surface area contributed by atoms with Gasteiger partial charge in [-0.05, 0) is 41.8 Å². The zero-order chi connectivity index (χ0) is 18.5. The van der Waals surface area contributed by atoms with Gasteiger partial charge in [0.15, 0.2) is 0 Å². The maximum atomic E-state index is 11.7. The number of primary amides is 1. The van der Waals surface area contributed by atoms with E-state index in [0.717, 1.165) is 35.0 Å². The normalized spacial score (nSPS) is 12.1. The molecular weight excluding hydrogens is 322 g/mol. The highest BCUT2D eigenvalue weighted by Gasteiger charge is 2.18. The Morgan fingerprint density at radius 3 is 2.54 bits per heavy atom. The number of fused-ring (bicyclic) bond motifs is 1. The summed E-state index contributed by atoms with van der Waals surface area (Å²) in [7, 11) is 2.09. The fourth-order valence-electron chi connectivity index (χ4n) is 3.33. The number of anilines is 1. The Labute approximate surface area is 154 Å². The van der Waals surface area contributed by atoms with Crippen LogP contribution in [0.1, 0.15) is 36.8 Å². The monoisotopic (exact) mass is 347 g/mol. The van der Waals surface area contributed by atoms with Crippen LogP contribution in [0.3, 0.4) is 0 Å².